The number of carbonyl (C=O) groups is 3. The van der Waals surface area contributed by atoms with Crippen LogP contribution in [0.2, 0.25) is 0 Å². The Morgan fingerprint density at radius 2 is 1.54 bits per heavy atom. The zero-order valence-electron chi connectivity index (χ0n) is 15.9. The van der Waals surface area contributed by atoms with Gasteiger partial charge in [0.1, 0.15) is 0 Å². The number of carbonyl (C=O) groups excluding carboxylic acids is 3. The van der Waals surface area contributed by atoms with Crippen LogP contribution in [-0.4, -0.2) is 35.9 Å². The highest BCUT2D eigenvalue weighted by Crippen LogP contribution is 2.21. The molecule has 0 saturated heterocycles. The predicted molar refractivity (Wildman–Crippen MR) is 96.7 cm³/mol. The summed E-state index contributed by atoms with van der Waals surface area (Å²) in [4.78, 5) is 39.8. The zero-order valence-corrected chi connectivity index (χ0v) is 15.9. The van der Waals surface area contributed by atoms with E-state index >= 15 is 0 Å². The van der Waals surface area contributed by atoms with Gasteiger partial charge in [0.05, 0.1) is 23.9 Å². The summed E-state index contributed by atoms with van der Waals surface area (Å²) in [6, 6.07) is 5.38. The van der Waals surface area contributed by atoms with Crippen molar-refractivity contribution in [3.63, 3.8) is 0 Å². The second-order valence-corrected chi connectivity index (χ2v) is 6.40. The lowest BCUT2D eigenvalue weighted by Gasteiger charge is -2.13. The number of aryl methyl sites for hydroxylation is 3. The number of ketones is 1. The van der Waals surface area contributed by atoms with Crippen molar-refractivity contribution in [2.75, 3.05) is 7.11 Å². The van der Waals surface area contributed by atoms with Crippen molar-refractivity contribution in [3.05, 3.63) is 57.4 Å². The second-order valence-electron chi connectivity index (χ2n) is 6.40. The number of aromatic amines is 1. The van der Waals surface area contributed by atoms with E-state index in [1.165, 1.54) is 14.0 Å². The number of esters is 2. The monoisotopic (exact) mass is 357 g/mol. The molecule has 0 bridgehead atoms. The number of hydrogen-bond donors (Lipinski definition) is 1. The lowest BCUT2D eigenvalue weighted by Crippen LogP contribution is -2.25. The van der Waals surface area contributed by atoms with Gasteiger partial charge in [-0.25, -0.2) is 9.59 Å². The Morgan fingerprint density at radius 1 is 0.962 bits per heavy atom. The number of aromatic nitrogens is 1. The van der Waals surface area contributed by atoms with Crippen LogP contribution in [0.5, 0.6) is 0 Å². The van der Waals surface area contributed by atoms with Crippen LogP contribution < -0.4 is 0 Å². The zero-order chi connectivity index (χ0) is 19.6. The SMILES string of the molecule is COC(=O)c1c(C)[nH]c(C(=O)C(C)OC(=O)c2cc(C)cc(C)c2)c1C. The van der Waals surface area contributed by atoms with E-state index in [0.717, 1.165) is 11.1 Å². The quantitative estimate of drug-likeness (QED) is 0.654. The summed E-state index contributed by atoms with van der Waals surface area (Å²) in [6.45, 7) is 8.62. The Bertz CT molecular complexity index is 858. The predicted octanol–water partition coefficient (Wildman–Crippen LogP) is 3.46. The Hall–Kier alpha value is -2.89. The van der Waals surface area contributed by atoms with Gasteiger partial charge in [-0.1, -0.05) is 17.2 Å². The molecule has 0 aliphatic heterocycles. The molecule has 26 heavy (non-hydrogen) atoms. The number of H-pyrrole nitrogens is 1. The van der Waals surface area contributed by atoms with Gasteiger partial charge in [-0.2, -0.15) is 0 Å². The van der Waals surface area contributed by atoms with Gasteiger partial charge in [0.15, 0.2) is 6.10 Å². The van der Waals surface area contributed by atoms with E-state index in [-0.39, 0.29) is 5.69 Å². The molecule has 1 atom stereocenters. The Kier molecular flexibility index (Phi) is 5.65. The van der Waals surface area contributed by atoms with Gasteiger partial charge >= 0.3 is 11.9 Å². The average Bonchev–Trinajstić information content (AvgIpc) is 2.87. The first-order valence-corrected chi connectivity index (χ1v) is 8.26. The minimum atomic E-state index is -0.995. The molecule has 1 unspecified atom stereocenters. The minimum Gasteiger partial charge on any atom is -0.465 e. The van der Waals surface area contributed by atoms with Crippen molar-refractivity contribution in [1.29, 1.82) is 0 Å². The molecule has 6 nitrogen and oxygen atoms in total. The van der Waals surface area contributed by atoms with Crippen LogP contribution in [0.1, 0.15) is 60.5 Å². The molecule has 0 aliphatic carbocycles. The standard InChI is InChI=1S/C20H23NO5/c1-10-7-11(2)9-15(8-10)19(23)26-14(5)18(22)17-12(3)16(13(4)21-17)20(24)25-6/h7-9,14,21H,1-6H3. The highest BCUT2D eigenvalue weighted by Gasteiger charge is 2.27. The normalized spacial score (nSPS) is 11.8. The molecule has 138 valence electrons. The number of rotatable bonds is 5. The summed E-state index contributed by atoms with van der Waals surface area (Å²) < 4.78 is 10.1. The Labute approximate surface area is 152 Å². The van der Waals surface area contributed by atoms with Crippen LogP contribution in [0.25, 0.3) is 0 Å². The van der Waals surface area contributed by atoms with E-state index in [0.29, 0.717) is 22.4 Å². The van der Waals surface area contributed by atoms with Gasteiger partial charge < -0.3 is 14.5 Å². The molecule has 1 aromatic heterocycles. The molecular weight excluding hydrogens is 334 g/mol. The number of benzene rings is 1. The molecule has 1 heterocycles. The number of ether oxygens (including phenoxy) is 2. The Balaban J connectivity index is 2.22. The molecule has 6 heteroatoms. The van der Waals surface area contributed by atoms with Crippen LogP contribution in [0, 0.1) is 27.7 Å². The summed E-state index contributed by atoms with van der Waals surface area (Å²) in [7, 11) is 1.28. The van der Waals surface area contributed by atoms with E-state index in [9.17, 15) is 14.4 Å². The molecule has 1 aromatic carbocycles. The van der Waals surface area contributed by atoms with Crippen molar-refractivity contribution in [2.45, 2.75) is 40.7 Å². The van der Waals surface area contributed by atoms with E-state index in [1.807, 2.05) is 19.9 Å². The smallest absolute Gasteiger partial charge is 0.339 e. The third-order valence-electron chi connectivity index (χ3n) is 4.18. The first-order chi connectivity index (χ1) is 12.1. The maximum absolute atomic E-state index is 12.7. The fourth-order valence-corrected chi connectivity index (χ4v) is 2.98. The largest absolute Gasteiger partial charge is 0.465 e. The van der Waals surface area contributed by atoms with Crippen molar-refractivity contribution >= 4 is 17.7 Å². The highest BCUT2D eigenvalue weighted by molar-refractivity contribution is 6.04. The topological polar surface area (TPSA) is 85.5 Å². The van der Waals surface area contributed by atoms with E-state index in [1.54, 1.807) is 26.0 Å². The van der Waals surface area contributed by atoms with Crippen LogP contribution >= 0.6 is 0 Å². The summed E-state index contributed by atoms with van der Waals surface area (Å²) in [5, 5.41) is 0. The maximum Gasteiger partial charge on any atom is 0.339 e. The first-order valence-electron chi connectivity index (χ1n) is 8.26. The lowest BCUT2D eigenvalue weighted by molar-refractivity contribution is 0.0316. The fraction of sp³-hybridized carbons (Fsp3) is 0.350. The molecule has 2 aromatic rings. The van der Waals surface area contributed by atoms with E-state index in [4.69, 9.17) is 9.47 Å². The van der Waals surface area contributed by atoms with Gasteiger partial charge in [0, 0.05) is 5.69 Å². The van der Waals surface area contributed by atoms with Crippen LogP contribution in [0.15, 0.2) is 18.2 Å². The molecule has 2 rings (SSSR count). The Morgan fingerprint density at radius 3 is 2.08 bits per heavy atom. The molecule has 0 aliphatic rings. The summed E-state index contributed by atoms with van der Waals surface area (Å²) in [6.07, 6.45) is -0.995. The number of methoxy groups -OCH3 is 1. The third kappa shape index (κ3) is 3.85. The molecule has 0 fully saturated rings. The summed E-state index contributed by atoms with van der Waals surface area (Å²) in [5.74, 6) is -1.49. The lowest BCUT2D eigenvalue weighted by atomic mass is 10.1. The fourth-order valence-electron chi connectivity index (χ4n) is 2.98. The van der Waals surface area contributed by atoms with Gasteiger partial charge in [0.2, 0.25) is 5.78 Å². The van der Waals surface area contributed by atoms with Gasteiger partial charge in [0.25, 0.3) is 0 Å². The van der Waals surface area contributed by atoms with Gasteiger partial charge in [-0.15, -0.1) is 0 Å². The van der Waals surface area contributed by atoms with Crippen LogP contribution in [0.4, 0.5) is 0 Å². The van der Waals surface area contributed by atoms with E-state index < -0.39 is 23.8 Å². The van der Waals surface area contributed by atoms with E-state index in [2.05, 4.69) is 4.98 Å². The van der Waals surface area contributed by atoms with Crippen molar-refractivity contribution in [1.82, 2.24) is 4.98 Å². The van der Waals surface area contributed by atoms with Gasteiger partial charge in [-0.3, -0.25) is 4.79 Å². The summed E-state index contributed by atoms with van der Waals surface area (Å²) >= 11 is 0. The van der Waals surface area contributed by atoms with Crippen molar-refractivity contribution < 1.29 is 23.9 Å². The summed E-state index contributed by atoms with van der Waals surface area (Å²) in [5.41, 5.74) is 3.85. The average molecular weight is 357 g/mol. The molecule has 0 radical (unpaired) electrons. The first kappa shape index (κ1) is 19.4. The molecular formula is C20H23NO5. The maximum atomic E-state index is 12.7. The number of nitrogens with one attached hydrogen (secondary N) is 1. The minimum absolute atomic E-state index is 0.239. The second kappa shape index (κ2) is 7.56. The van der Waals surface area contributed by atoms with Crippen LogP contribution in [-0.2, 0) is 9.47 Å². The number of hydrogen-bond acceptors (Lipinski definition) is 5. The van der Waals surface area contributed by atoms with Crippen LogP contribution in [0.3, 0.4) is 0 Å². The molecule has 0 spiro atoms. The number of Topliss-reactive ketones (excluding diaryl/α,β-unsaturated/α-hetero) is 1. The third-order valence-corrected chi connectivity index (χ3v) is 4.18. The van der Waals surface area contributed by atoms with Crippen molar-refractivity contribution in [2.24, 2.45) is 0 Å². The van der Waals surface area contributed by atoms with Gasteiger partial charge in [-0.05, 0) is 52.3 Å². The highest BCUT2D eigenvalue weighted by atomic mass is 16.5. The molecule has 0 saturated carbocycles. The van der Waals surface area contributed by atoms with Crippen molar-refractivity contribution in [3.8, 4) is 0 Å². The molecule has 0 amide bonds. The molecule has 1 N–H and O–H groups in total.